The first-order valence-electron chi connectivity index (χ1n) is 4.30. The molecule has 0 amide bonds. The summed E-state index contributed by atoms with van der Waals surface area (Å²) in [5.74, 6) is -1.27. The van der Waals surface area contributed by atoms with Gasteiger partial charge >= 0.3 is 11.9 Å². The second kappa shape index (κ2) is 5.95. The van der Waals surface area contributed by atoms with Crippen LogP contribution in [0.25, 0.3) is 0 Å². The zero-order valence-electron chi connectivity index (χ0n) is 8.88. The average Bonchev–Trinajstić information content (AvgIpc) is 2.16. The molecular formula is C11H14O3. The topological polar surface area (TPSA) is 43.4 Å². The molecule has 76 valence electrons. The van der Waals surface area contributed by atoms with Crippen molar-refractivity contribution in [1.29, 1.82) is 0 Å². The van der Waals surface area contributed by atoms with Crippen LogP contribution in [0.4, 0.5) is 0 Å². The standard InChI is InChI=1S/C11H14O3/c1-5-7-9(4)11(13)14-10(12)8(3)6-2/h5-6H,1-4H3. The number of esters is 2. The van der Waals surface area contributed by atoms with Crippen LogP contribution in [0.1, 0.15) is 27.7 Å². The molecule has 0 heterocycles. The Hall–Kier alpha value is -1.60. The molecule has 0 aromatic carbocycles. The Bertz CT molecular complexity index is 328. The lowest BCUT2D eigenvalue weighted by atomic mass is 10.3. The molecule has 0 fully saturated rings. The van der Waals surface area contributed by atoms with Crippen molar-refractivity contribution in [2.45, 2.75) is 27.7 Å². The third kappa shape index (κ3) is 3.87. The van der Waals surface area contributed by atoms with E-state index < -0.39 is 11.9 Å². The van der Waals surface area contributed by atoms with Crippen molar-refractivity contribution in [3.63, 3.8) is 0 Å². The summed E-state index contributed by atoms with van der Waals surface area (Å²) in [7, 11) is 0. The lowest BCUT2D eigenvalue weighted by molar-refractivity contribution is -0.153. The van der Waals surface area contributed by atoms with Crippen LogP contribution in [-0.4, -0.2) is 11.9 Å². The Labute approximate surface area is 83.8 Å². The minimum atomic E-state index is -0.658. The van der Waals surface area contributed by atoms with E-state index in [0.717, 1.165) is 0 Å². The van der Waals surface area contributed by atoms with Crippen molar-refractivity contribution in [1.82, 2.24) is 0 Å². The molecule has 0 aliphatic carbocycles. The van der Waals surface area contributed by atoms with Crippen molar-refractivity contribution < 1.29 is 14.3 Å². The molecule has 0 spiro atoms. The highest BCUT2D eigenvalue weighted by molar-refractivity contribution is 6.01. The summed E-state index contributed by atoms with van der Waals surface area (Å²) in [4.78, 5) is 22.3. The highest BCUT2D eigenvalue weighted by Gasteiger charge is 2.12. The summed E-state index contributed by atoms with van der Waals surface area (Å²) in [5, 5.41) is 0. The largest absolute Gasteiger partial charge is 0.386 e. The molecular weight excluding hydrogens is 180 g/mol. The molecule has 14 heavy (non-hydrogen) atoms. The molecule has 0 saturated carbocycles. The Morgan fingerprint density at radius 2 is 1.71 bits per heavy atom. The van der Waals surface area contributed by atoms with Gasteiger partial charge in [-0.15, -0.1) is 5.73 Å². The lowest BCUT2D eigenvalue weighted by Crippen LogP contribution is -2.13. The van der Waals surface area contributed by atoms with E-state index in [-0.39, 0.29) is 5.57 Å². The zero-order valence-corrected chi connectivity index (χ0v) is 8.88. The van der Waals surface area contributed by atoms with Gasteiger partial charge in [-0.1, -0.05) is 6.08 Å². The van der Waals surface area contributed by atoms with Gasteiger partial charge in [0.1, 0.15) is 0 Å². The fourth-order valence-electron chi connectivity index (χ4n) is 0.635. The zero-order chi connectivity index (χ0) is 11.1. The first kappa shape index (κ1) is 12.4. The monoisotopic (exact) mass is 194 g/mol. The van der Waals surface area contributed by atoms with Crippen LogP contribution >= 0.6 is 0 Å². The molecule has 0 rings (SSSR count). The summed E-state index contributed by atoms with van der Waals surface area (Å²) in [6.45, 7) is 6.57. The van der Waals surface area contributed by atoms with Crippen LogP contribution in [0.15, 0.2) is 29.0 Å². The highest BCUT2D eigenvalue weighted by atomic mass is 16.6. The summed E-state index contributed by atoms with van der Waals surface area (Å²) < 4.78 is 4.55. The van der Waals surface area contributed by atoms with Crippen molar-refractivity contribution in [3.05, 3.63) is 29.0 Å². The van der Waals surface area contributed by atoms with Crippen LogP contribution in [0.2, 0.25) is 0 Å². The van der Waals surface area contributed by atoms with Crippen LogP contribution < -0.4 is 0 Å². The van der Waals surface area contributed by atoms with Crippen LogP contribution in [0.3, 0.4) is 0 Å². The average molecular weight is 194 g/mol. The Balaban J connectivity index is 4.51. The number of carbonyl (C=O) groups excluding carboxylic acids is 2. The molecule has 0 unspecified atom stereocenters. The maximum absolute atomic E-state index is 11.2. The van der Waals surface area contributed by atoms with E-state index in [9.17, 15) is 9.59 Å². The molecule has 0 bridgehead atoms. The van der Waals surface area contributed by atoms with E-state index in [4.69, 9.17) is 0 Å². The summed E-state index contributed by atoms with van der Waals surface area (Å²) in [6.07, 6.45) is 3.17. The SMILES string of the molecule is CC=C=C(C)C(=O)OC(=O)C(C)=CC. The number of hydrogen-bond acceptors (Lipinski definition) is 3. The fraction of sp³-hybridized carbons (Fsp3) is 0.364. The van der Waals surface area contributed by atoms with Crippen molar-refractivity contribution in [3.8, 4) is 0 Å². The van der Waals surface area contributed by atoms with E-state index >= 15 is 0 Å². The van der Waals surface area contributed by atoms with Crippen LogP contribution in [-0.2, 0) is 14.3 Å². The smallest absolute Gasteiger partial charge is 0.349 e. The van der Waals surface area contributed by atoms with Gasteiger partial charge in [0.05, 0.1) is 5.57 Å². The van der Waals surface area contributed by atoms with Crippen LogP contribution in [0, 0.1) is 0 Å². The molecule has 0 aromatic heterocycles. The van der Waals surface area contributed by atoms with E-state index in [1.54, 1.807) is 39.8 Å². The van der Waals surface area contributed by atoms with Gasteiger partial charge in [0.2, 0.25) is 0 Å². The maximum atomic E-state index is 11.2. The summed E-state index contributed by atoms with van der Waals surface area (Å²) in [5.41, 5.74) is 3.34. The highest BCUT2D eigenvalue weighted by Crippen LogP contribution is 2.00. The van der Waals surface area contributed by atoms with E-state index in [0.29, 0.717) is 5.57 Å². The molecule has 0 aromatic rings. The first-order chi connectivity index (χ1) is 6.52. The number of ether oxygens (including phenoxy) is 1. The van der Waals surface area contributed by atoms with E-state index in [2.05, 4.69) is 10.5 Å². The van der Waals surface area contributed by atoms with Gasteiger partial charge in [-0.25, -0.2) is 9.59 Å². The van der Waals surface area contributed by atoms with Crippen molar-refractivity contribution in [2.75, 3.05) is 0 Å². The Morgan fingerprint density at radius 3 is 2.14 bits per heavy atom. The third-order valence-electron chi connectivity index (χ3n) is 1.61. The number of rotatable bonds is 2. The molecule has 0 N–H and O–H groups in total. The third-order valence-corrected chi connectivity index (χ3v) is 1.61. The molecule has 3 heteroatoms. The van der Waals surface area contributed by atoms with Gasteiger partial charge in [-0.2, -0.15) is 0 Å². The number of allylic oxidation sites excluding steroid dienone is 1. The molecule has 0 saturated heterocycles. The predicted octanol–water partition coefficient (Wildman–Crippen LogP) is 2.14. The van der Waals surface area contributed by atoms with Gasteiger partial charge < -0.3 is 4.74 Å². The second-order valence-corrected chi connectivity index (χ2v) is 2.71. The Kier molecular flexibility index (Phi) is 5.27. The van der Waals surface area contributed by atoms with Gasteiger partial charge in [-0.3, -0.25) is 0 Å². The normalized spacial score (nSPS) is 10.1. The first-order valence-corrected chi connectivity index (χ1v) is 4.30. The lowest BCUT2D eigenvalue weighted by Gasteiger charge is -2.00. The number of hydrogen-bond donors (Lipinski definition) is 0. The maximum Gasteiger partial charge on any atom is 0.349 e. The van der Waals surface area contributed by atoms with E-state index in [1.807, 2.05) is 0 Å². The molecule has 0 atom stereocenters. The van der Waals surface area contributed by atoms with E-state index in [1.165, 1.54) is 0 Å². The van der Waals surface area contributed by atoms with Gasteiger partial charge in [0.15, 0.2) is 0 Å². The van der Waals surface area contributed by atoms with Gasteiger partial charge in [-0.05, 0) is 33.8 Å². The van der Waals surface area contributed by atoms with Gasteiger partial charge in [0.25, 0.3) is 0 Å². The minimum absolute atomic E-state index is 0.282. The van der Waals surface area contributed by atoms with Crippen molar-refractivity contribution >= 4 is 11.9 Å². The number of carbonyl (C=O) groups is 2. The van der Waals surface area contributed by atoms with Crippen molar-refractivity contribution in [2.24, 2.45) is 0 Å². The summed E-state index contributed by atoms with van der Waals surface area (Å²) in [6, 6.07) is 0. The fourth-order valence-corrected chi connectivity index (χ4v) is 0.635. The second-order valence-electron chi connectivity index (χ2n) is 2.71. The van der Waals surface area contributed by atoms with Crippen LogP contribution in [0.5, 0.6) is 0 Å². The Morgan fingerprint density at radius 1 is 1.14 bits per heavy atom. The summed E-state index contributed by atoms with van der Waals surface area (Å²) >= 11 is 0. The minimum Gasteiger partial charge on any atom is -0.386 e. The predicted molar refractivity (Wildman–Crippen MR) is 53.5 cm³/mol. The molecule has 0 aliphatic rings. The molecule has 3 nitrogen and oxygen atoms in total. The molecule has 0 aliphatic heterocycles. The molecule has 0 radical (unpaired) electrons. The van der Waals surface area contributed by atoms with Gasteiger partial charge in [0, 0.05) is 5.57 Å². The quantitative estimate of drug-likeness (QED) is 0.293.